The first-order chi connectivity index (χ1) is 27.8. The van der Waals surface area contributed by atoms with Gasteiger partial charge in [0.1, 0.15) is 0 Å². The van der Waals surface area contributed by atoms with Crippen molar-refractivity contribution in [1.29, 1.82) is 0 Å². The fourth-order valence-corrected chi connectivity index (χ4v) is 9.92. The molecule has 9 aromatic carbocycles. The number of hydrogen-bond donors (Lipinski definition) is 0. The number of benzene rings is 9. The van der Waals surface area contributed by atoms with Gasteiger partial charge in [0.15, 0.2) is 0 Å². The van der Waals surface area contributed by atoms with Crippen LogP contribution >= 0.6 is 0 Å². The Bertz CT molecular complexity index is 3010. The Hall–Kier alpha value is -7.22. The van der Waals surface area contributed by atoms with Gasteiger partial charge in [-0.25, -0.2) is 0 Å². The molecule has 9 aromatic rings. The fraction of sp³-hybridized carbons (Fsp3) is 0.0182. The van der Waals surface area contributed by atoms with E-state index in [2.05, 4.69) is 211 Å². The van der Waals surface area contributed by atoms with Crippen LogP contribution < -0.4 is 4.90 Å². The first-order valence-corrected chi connectivity index (χ1v) is 19.6. The number of anilines is 3. The fourth-order valence-electron chi connectivity index (χ4n) is 9.92. The zero-order valence-corrected chi connectivity index (χ0v) is 30.7. The normalized spacial score (nSPS) is 13.5. The molecule has 0 saturated carbocycles. The molecule has 1 unspecified atom stereocenters. The molecule has 0 amide bonds. The summed E-state index contributed by atoms with van der Waals surface area (Å²) in [5, 5.41) is 0. The van der Waals surface area contributed by atoms with Gasteiger partial charge in [-0.1, -0.05) is 176 Å². The van der Waals surface area contributed by atoms with E-state index in [1.165, 1.54) is 94.6 Å². The van der Waals surface area contributed by atoms with Crippen LogP contribution in [0.3, 0.4) is 0 Å². The van der Waals surface area contributed by atoms with Crippen LogP contribution in [-0.4, -0.2) is 0 Å². The number of fused-ring (bicyclic) bond motifs is 7. The third-order valence-electron chi connectivity index (χ3n) is 12.3. The molecular weight excluding hydrogens is 675 g/mol. The summed E-state index contributed by atoms with van der Waals surface area (Å²) in [6.45, 7) is 0. The van der Waals surface area contributed by atoms with Crippen molar-refractivity contribution >= 4 is 17.1 Å². The molecular formula is C55H35N. The third kappa shape index (κ3) is 4.49. The number of nitrogens with zero attached hydrogens (tertiary/aromatic N) is 1. The Morgan fingerprint density at radius 2 is 0.768 bits per heavy atom. The zero-order valence-electron chi connectivity index (χ0n) is 30.7. The molecule has 0 fully saturated rings. The zero-order chi connectivity index (χ0) is 36.7. The molecule has 0 saturated heterocycles. The minimum absolute atomic E-state index is 0.196. The lowest BCUT2D eigenvalue weighted by Gasteiger charge is -2.30. The summed E-state index contributed by atoms with van der Waals surface area (Å²) in [4.78, 5) is 2.49. The molecule has 0 heterocycles. The van der Waals surface area contributed by atoms with E-state index in [0.717, 1.165) is 17.1 Å². The average molecular weight is 710 g/mol. The third-order valence-corrected chi connectivity index (χ3v) is 12.3. The van der Waals surface area contributed by atoms with E-state index in [1.54, 1.807) is 0 Å². The molecule has 6 bridgehead atoms. The van der Waals surface area contributed by atoms with Crippen molar-refractivity contribution in [2.45, 2.75) is 5.92 Å². The Balaban J connectivity index is 1.12. The molecule has 1 atom stereocenters. The lowest BCUT2D eigenvalue weighted by atomic mass is 9.83. The second-order valence-corrected chi connectivity index (χ2v) is 15.2. The van der Waals surface area contributed by atoms with Gasteiger partial charge < -0.3 is 4.90 Å². The van der Waals surface area contributed by atoms with Crippen molar-refractivity contribution in [2.24, 2.45) is 0 Å². The molecule has 0 aliphatic heterocycles. The van der Waals surface area contributed by atoms with Crippen LogP contribution in [0.15, 0.2) is 206 Å². The molecule has 3 aliphatic rings. The highest BCUT2D eigenvalue weighted by Crippen LogP contribution is 2.58. The molecule has 56 heavy (non-hydrogen) atoms. The largest absolute Gasteiger partial charge is 0.310 e. The number of rotatable bonds is 5. The summed E-state index contributed by atoms with van der Waals surface area (Å²) in [5.41, 5.74) is 25.4. The van der Waals surface area contributed by atoms with Crippen LogP contribution in [0.5, 0.6) is 0 Å². The maximum absolute atomic E-state index is 2.49. The smallest absolute Gasteiger partial charge is 0.0540 e. The minimum atomic E-state index is 0.196. The van der Waals surface area contributed by atoms with Crippen molar-refractivity contribution < 1.29 is 0 Å². The molecule has 0 aromatic heterocycles. The molecule has 0 N–H and O–H groups in total. The Labute approximate surface area is 327 Å². The molecule has 1 nitrogen and oxygen atoms in total. The second kappa shape index (κ2) is 12.1. The van der Waals surface area contributed by atoms with Gasteiger partial charge in [0, 0.05) is 22.9 Å². The average Bonchev–Trinajstić information content (AvgIpc) is 3.54. The number of para-hydroxylation sites is 1. The first kappa shape index (κ1) is 31.2. The quantitative estimate of drug-likeness (QED) is 0.172. The van der Waals surface area contributed by atoms with E-state index >= 15 is 0 Å². The number of hydrogen-bond acceptors (Lipinski definition) is 1. The van der Waals surface area contributed by atoms with Gasteiger partial charge in [-0.15, -0.1) is 0 Å². The minimum Gasteiger partial charge on any atom is -0.310 e. The highest BCUT2D eigenvalue weighted by atomic mass is 15.1. The standard InChI is InChI=1S/C55H35N/c1-3-15-35(16-4-1)39-19-11-12-28-52(39)56(37-30-32-49-50(33-37)41-21-8-9-22-43(41)53(49)36-17-5-2-6-18-36)38-29-31-42-46-25-14-26-47-48-27-13-24-45(55(48)51(42)34-38)40-20-7-10-23-44(40)54(46)47/h1-34,53H. The maximum Gasteiger partial charge on any atom is 0.0540 e. The van der Waals surface area contributed by atoms with Crippen LogP contribution in [-0.2, 0) is 0 Å². The van der Waals surface area contributed by atoms with Gasteiger partial charge in [0.2, 0.25) is 0 Å². The van der Waals surface area contributed by atoms with Gasteiger partial charge in [0.25, 0.3) is 0 Å². The van der Waals surface area contributed by atoms with Crippen LogP contribution in [0, 0.1) is 0 Å². The predicted octanol–water partition coefficient (Wildman–Crippen LogP) is 14.9. The summed E-state index contributed by atoms with van der Waals surface area (Å²) < 4.78 is 0. The molecule has 12 rings (SSSR count). The van der Waals surface area contributed by atoms with E-state index in [4.69, 9.17) is 0 Å². The van der Waals surface area contributed by atoms with E-state index < -0.39 is 0 Å². The highest BCUT2D eigenvalue weighted by Gasteiger charge is 2.33. The highest BCUT2D eigenvalue weighted by molar-refractivity contribution is 6.15. The van der Waals surface area contributed by atoms with Crippen molar-refractivity contribution in [3.05, 3.63) is 223 Å². The monoisotopic (exact) mass is 709 g/mol. The molecule has 3 aliphatic carbocycles. The van der Waals surface area contributed by atoms with Gasteiger partial charge >= 0.3 is 0 Å². The molecule has 0 spiro atoms. The Morgan fingerprint density at radius 3 is 1.50 bits per heavy atom. The van der Waals surface area contributed by atoms with E-state index in [9.17, 15) is 0 Å². The molecule has 1 heteroatoms. The second-order valence-electron chi connectivity index (χ2n) is 15.2. The van der Waals surface area contributed by atoms with Crippen LogP contribution in [0.1, 0.15) is 22.6 Å². The maximum atomic E-state index is 2.49. The van der Waals surface area contributed by atoms with Crippen molar-refractivity contribution in [3.8, 4) is 77.9 Å². The van der Waals surface area contributed by atoms with Crippen molar-refractivity contribution in [3.63, 3.8) is 0 Å². The molecule has 0 radical (unpaired) electrons. The van der Waals surface area contributed by atoms with Crippen molar-refractivity contribution in [1.82, 2.24) is 0 Å². The summed E-state index contributed by atoms with van der Waals surface area (Å²) in [6.07, 6.45) is 0. The van der Waals surface area contributed by atoms with Crippen LogP contribution in [0.4, 0.5) is 17.1 Å². The summed E-state index contributed by atoms with van der Waals surface area (Å²) in [5.74, 6) is 0.196. The topological polar surface area (TPSA) is 3.24 Å². The predicted molar refractivity (Wildman–Crippen MR) is 234 cm³/mol. The van der Waals surface area contributed by atoms with Gasteiger partial charge in [-0.2, -0.15) is 0 Å². The summed E-state index contributed by atoms with van der Waals surface area (Å²) >= 11 is 0. The van der Waals surface area contributed by atoms with Crippen molar-refractivity contribution in [2.75, 3.05) is 4.90 Å². The van der Waals surface area contributed by atoms with Gasteiger partial charge in [-0.05, 0) is 119 Å². The van der Waals surface area contributed by atoms with Crippen LogP contribution in [0.25, 0.3) is 77.9 Å². The van der Waals surface area contributed by atoms with E-state index in [1.807, 2.05) is 0 Å². The molecule has 260 valence electrons. The lowest BCUT2D eigenvalue weighted by Crippen LogP contribution is -2.12. The Morgan fingerprint density at radius 1 is 0.286 bits per heavy atom. The van der Waals surface area contributed by atoms with Crippen LogP contribution in [0.2, 0.25) is 0 Å². The SMILES string of the molecule is c1ccc(-c2ccccc2N(c2ccc3c(c2)-c2c4cccc2-c2cccc-3c2-c2ccccc2-4)c2ccc3c(c2)-c2ccccc2C3c2ccccc2)cc1. The lowest BCUT2D eigenvalue weighted by molar-refractivity contribution is 1.01. The first-order valence-electron chi connectivity index (χ1n) is 19.6. The van der Waals surface area contributed by atoms with E-state index in [-0.39, 0.29) is 5.92 Å². The Kier molecular flexibility index (Phi) is 6.76. The van der Waals surface area contributed by atoms with Gasteiger partial charge in [-0.3, -0.25) is 0 Å². The summed E-state index contributed by atoms with van der Waals surface area (Å²) in [7, 11) is 0. The summed E-state index contributed by atoms with van der Waals surface area (Å²) in [6, 6.07) is 76.6. The van der Waals surface area contributed by atoms with E-state index in [0.29, 0.717) is 0 Å². The van der Waals surface area contributed by atoms with Gasteiger partial charge in [0.05, 0.1) is 5.69 Å².